The van der Waals surface area contributed by atoms with Gasteiger partial charge in [0, 0.05) is 18.1 Å². The summed E-state index contributed by atoms with van der Waals surface area (Å²) in [5, 5.41) is 4.04. The first-order valence-corrected chi connectivity index (χ1v) is 9.22. The molecule has 4 atom stereocenters. The second-order valence-corrected chi connectivity index (χ2v) is 7.93. The summed E-state index contributed by atoms with van der Waals surface area (Å²) in [5.41, 5.74) is 0. The molecule has 0 aromatic carbocycles. The van der Waals surface area contributed by atoms with Gasteiger partial charge in [0.15, 0.2) is 0 Å². The minimum atomic E-state index is 0.815. The highest BCUT2D eigenvalue weighted by atomic mass is 15.2. The van der Waals surface area contributed by atoms with Crippen LogP contribution in [0.3, 0.4) is 0 Å². The highest BCUT2D eigenvalue weighted by molar-refractivity contribution is 4.91. The van der Waals surface area contributed by atoms with Crippen LogP contribution in [-0.4, -0.2) is 36.1 Å². The van der Waals surface area contributed by atoms with Crippen LogP contribution in [0.1, 0.15) is 71.6 Å². The highest BCUT2D eigenvalue weighted by Crippen LogP contribution is 2.31. The van der Waals surface area contributed by atoms with Gasteiger partial charge in [-0.25, -0.2) is 0 Å². The second-order valence-electron chi connectivity index (χ2n) is 7.93. The number of nitrogens with zero attached hydrogens (tertiary/aromatic N) is 1. The predicted molar refractivity (Wildman–Crippen MR) is 86.0 cm³/mol. The molecule has 3 rings (SSSR count). The molecule has 3 aliphatic rings. The molecule has 0 bridgehead atoms. The van der Waals surface area contributed by atoms with Crippen molar-refractivity contribution in [2.24, 2.45) is 11.8 Å². The van der Waals surface area contributed by atoms with E-state index in [2.05, 4.69) is 24.1 Å². The SMILES string of the molecule is CC(C)C1CCCC(NC2CCN3CCCC3C2)CC1. The lowest BCUT2D eigenvalue weighted by atomic mass is 9.89. The van der Waals surface area contributed by atoms with E-state index in [0.717, 1.165) is 30.0 Å². The van der Waals surface area contributed by atoms with E-state index in [-0.39, 0.29) is 0 Å². The largest absolute Gasteiger partial charge is 0.311 e. The third kappa shape index (κ3) is 3.57. The Labute approximate surface area is 125 Å². The number of fused-ring (bicyclic) bond motifs is 1. The molecule has 1 saturated carbocycles. The molecule has 0 aromatic heterocycles. The molecule has 0 aromatic rings. The Bertz CT molecular complexity index is 302. The predicted octanol–water partition coefficient (Wildman–Crippen LogP) is 3.81. The average molecular weight is 278 g/mol. The first-order valence-electron chi connectivity index (χ1n) is 9.22. The van der Waals surface area contributed by atoms with Gasteiger partial charge in [0.25, 0.3) is 0 Å². The van der Waals surface area contributed by atoms with Crippen LogP contribution in [0.15, 0.2) is 0 Å². The molecule has 3 fully saturated rings. The van der Waals surface area contributed by atoms with Crippen LogP contribution in [0.2, 0.25) is 0 Å². The number of nitrogens with one attached hydrogen (secondary N) is 1. The van der Waals surface area contributed by atoms with Gasteiger partial charge in [-0.15, -0.1) is 0 Å². The lowest BCUT2D eigenvalue weighted by molar-refractivity contribution is 0.158. The third-order valence-electron chi connectivity index (χ3n) is 6.25. The zero-order valence-corrected chi connectivity index (χ0v) is 13.6. The standard InChI is InChI=1S/C18H34N2/c1-14(2)15-5-3-6-16(9-8-15)19-17-10-12-20-11-4-7-18(20)13-17/h14-19H,3-13H2,1-2H3. The van der Waals surface area contributed by atoms with Crippen molar-refractivity contribution < 1.29 is 0 Å². The van der Waals surface area contributed by atoms with Crippen LogP contribution in [0.5, 0.6) is 0 Å². The lowest BCUT2D eigenvalue weighted by Gasteiger charge is -2.37. The molecule has 2 saturated heterocycles. The van der Waals surface area contributed by atoms with Crippen LogP contribution in [-0.2, 0) is 0 Å². The van der Waals surface area contributed by atoms with Crippen molar-refractivity contribution in [3.63, 3.8) is 0 Å². The quantitative estimate of drug-likeness (QED) is 0.790. The fourth-order valence-corrected chi connectivity index (χ4v) is 4.87. The van der Waals surface area contributed by atoms with Crippen molar-refractivity contribution in [1.29, 1.82) is 0 Å². The Morgan fingerprint density at radius 2 is 1.75 bits per heavy atom. The van der Waals surface area contributed by atoms with Crippen LogP contribution in [0.4, 0.5) is 0 Å². The molecular formula is C18H34N2. The van der Waals surface area contributed by atoms with E-state index in [9.17, 15) is 0 Å². The summed E-state index contributed by atoms with van der Waals surface area (Å²) in [4.78, 5) is 2.74. The lowest BCUT2D eigenvalue weighted by Crippen LogP contribution is -2.48. The van der Waals surface area contributed by atoms with Crippen molar-refractivity contribution in [2.75, 3.05) is 13.1 Å². The van der Waals surface area contributed by atoms with E-state index in [4.69, 9.17) is 0 Å². The van der Waals surface area contributed by atoms with Crippen LogP contribution in [0.25, 0.3) is 0 Å². The molecule has 4 unspecified atom stereocenters. The van der Waals surface area contributed by atoms with Crippen molar-refractivity contribution in [3.05, 3.63) is 0 Å². The fourth-order valence-electron chi connectivity index (χ4n) is 4.87. The molecule has 20 heavy (non-hydrogen) atoms. The summed E-state index contributed by atoms with van der Waals surface area (Å²) in [6.45, 7) is 7.54. The van der Waals surface area contributed by atoms with E-state index < -0.39 is 0 Å². The first-order chi connectivity index (χ1) is 9.72. The summed E-state index contributed by atoms with van der Waals surface area (Å²) < 4.78 is 0. The van der Waals surface area contributed by atoms with E-state index >= 15 is 0 Å². The maximum absolute atomic E-state index is 4.04. The van der Waals surface area contributed by atoms with Crippen LogP contribution >= 0.6 is 0 Å². The maximum atomic E-state index is 4.04. The summed E-state index contributed by atoms with van der Waals surface area (Å²) in [5.74, 6) is 1.87. The number of hydrogen-bond acceptors (Lipinski definition) is 2. The minimum absolute atomic E-state index is 0.815. The first kappa shape index (κ1) is 14.8. The van der Waals surface area contributed by atoms with Gasteiger partial charge in [0.1, 0.15) is 0 Å². The van der Waals surface area contributed by atoms with E-state index in [1.54, 1.807) is 0 Å². The molecule has 0 amide bonds. The normalized spacial score (nSPS) is 39.8. The Hall–Kier alpha value is -0.0800. The molecule has 1 N–H and O–H groups in total. The molecule has 2 nitrogen and oxygen atoms in total. The zero-order valence-electron chi connectivity index (χ0n) is 13.6. The third-order valence-corrected chi connectivity index (χ3v) is 6.25. The molecule has 0 radical (unpaired) electrons. The van der Waals surface area contributed by atoms with Gasteiger partial charge < -0.3 is 10.2 Å². The Kier molecular flexibility index (Phi) is 5.04. The topological polar surface area (TPSA) is 15.3 Å². The van der Waals surface area contributed by atoms with Crippen molar-refractivity contribution in [2.45, 2.75) is 89.8 Å². The molecule has 0 spiro atoms. The maximum Gasteiger partial charge on any atom is 0.0111 e. The van der Waals surface area contributed by atoms with E-state index in [1.807, 2.05) is 0 Å². The summed E-state index contributed by atoms with van der Waals surface area (Å²) in [6.07, 6.45) is 12.9. The molecule has 2 aliphatic heterocycles. The number of rotatable bonds is 3. The van der Waals surface area contributed by atoms with Gasteiger partial charge in [-0.3, -0.25) is 0 Å². The summed E-state index contributed by atoms with van der Waals surface area (Å²) >= 11 is 0. The molecule has 1 aliphatic carbocycles. The number of piperidine rings is 1. The average Bonchev–Trinajstić information content (AvgIpc) is 2.76. The smallest absolute Gasteiger partial charge is 0.0111 e. The van der Waals surface area contributed by atoms with Crippen molar-refractivity contribution in [1.82, 2.24) is 10.2 Å². The van der Waals surface area contributed by atoms with Gasteiger partial charge in [0.05, 0.1) is 0 Å². The Morgan fingerprint density at radius 3 is 2.60 bits per heavy atom. The summed E-state index contributed by atoms with van der Waals surface area (Å²) in [6, 6.07) is 2.54. The molecule has 2 heteroatoms. The molecular weight excluding hydrogens is 244 g/mol. The van der Waals surface area contributed by atoms with Gasteiger partial charge in [-0.1, -0.05) is 26.7 Å². The van der Waals surface area contributed by atoms with Gasteiger partial charge >= 0.3 is 0 Å². The second kappa shape index (κ2) is 6.79. The highest BCUT2D eigenvalue weighted by Gasteiger charge is 2.32. The monoisotopic (exact) mass is 278 g/mol. The Morgan fingerprint density at radius 1 is 0.850 bits per heavy atom. The summed E-state index contributed by atoms with van der Waals surface area (Å²) in [7, 11) is 0. The van der Waals surface area contributed by atoms with E-state index in [0.29, 0.717) is 0 Å². The molecule has 2 heterocycles. The van der Waals surface area contributed by atoms with Gasteiger partial charge in [0.2, 0.25) is 0 Å². The molecule has 116 valence electrons. The van der Waals surface area contributed by atoms with Crippen molar-refractivity contribution >= 4 is 0 Å². The van der Waals surface area contributed by atoms with Gasteiger partial charge in [-0.05, 0) is 69.9 Å². The van der Waals surface area contributed by atoms with Crippen LogP contribution < -0.4 is 5.32 Å². The zero-order chi connectivity index (χ0) is 13.9. The van der Waals surface area contributed by atoms with Crippen LogP contribution in [0, 0.1) is 11.8 Å². The fraction of sp³-hybridized carbons (Fsp3) is 1.00. The number of hydrogen-bond donors (Lipinski definition) is 1. The Balaban J connectivity index is 1.46. The minimum Gasteiger partial charge on any atom is -0.311 e. The van der Waals surface area contributed by atoms with E-state index in [1.165, 1.54) is 70.9 Å². The van der Waals surface area contributed by atoms with Crippen molar-refractivity contribution in [3.8, 4) is 0 Å². The van der Waals surface area contributed by atoms with Gasteiger partial charge in [-0.2, -0.15) is 0 Å².